The van der Waals surface area contributed by atoms with Gasteiger partial charge in [0.25, 0.3) is 0 Å². The summed E-state index contributed by atoms with van der Waals surface area (Å²) < 4.78 is 1.26. The molecular weight excluding hydrogens is 335 g/mol. The molecule has 0 fully saturated rings. The Bertz CT molecular complexity index is 536. The van der Waals surface area contributed by atoms with Crippen molar-refractivity contribution in [2.45, 2.75) is 25.3 Å². The van der Waals surface area contributed by atoms with E-state index in [-0.39, 0.29) is 0 Å². The molecule has 0 saturated heterocycles. The first-order valence-electron chi connectivity index (χ1n) is 6.29. The summed E-state index contributed by atoms with van der Waals surface area (Å²) in [5.74, 6) is 0. The molecule has 1 aromatic carbocycles. The van der Waals surface area contributed by atoms with Crippen LogP contribution in [0, 0.1) is 3.57 Å². The summed E-state index contributed by atoms with van der Waals surface area (Å²) >= 11 is 2.33. The maximum absolute atomic E-state index is 4.55. The molecule has 1 heterocycles. The van der Waals surface area contributed by atoms with E-state index in [9.17, 15) is 0 Å². The number of hydrogen-bond donors (Lipinski definition) is 1. The van der Waals surface area contributed by atoms with Gasteiger partial charge < -0.3 is 5.32 Å². The molecule has 0 saturated carbocycles. The molecule has 0 aliphatic heterocycles. The molecule has 0 bridgehead atoms. The fraction of sp³-hybridized carbons (Fsp3) is 0.267. The van der Waals surface area contributed by atoms with Crippen molar-refractivity contribution in [3.8, 4) is 0 Å². The van der Waals surface area contributed by atoms with E-state index >= 15 is 0 Å². The Morgan fingerprint density at radius 2 is 2.00 bits per heavy atom. The SMILES string of the molecule is Ic1ccc(NC2CCCc3cccnc32)cc1. The minimum Gasteiger partial charge on any atom is -0.377 e. The highest BCUT2D eigenvalue weighted by atomic mass is 127. The fourth-order valence-corrected chi connectivity index (χ4v) is 2.86. The lowest BCUT2D eigenvalue weighted by Gasteiger charge is -2.26. The molecule has 1 atom stereocenters. The van der Waals surface area contributed by atoms with Crippen LogP contribution >= 0.6 is 22.6 Å². The van der Waals surface area contributed by atoms with E-state index < -0.39 is 0 Å². The summed E-state index contributed by atoms with van der Waals surface area (Å²) in [6, 6.07) is 13.1. The lowest BCUT2D eigenvalue weighted by molar-refractivity contribution is 0.583. The number of pyridine rings is 1. The van der Waals surface area contributed by atoms with Gasteiger partial charge in [0.05, 0.1) is 11.7 Å². The molecule has 1 aliphatic carbocycles. The molecule has 18 heavy (non-hydrogen) atoms. The van der Waals surface area contributed by atoms with Crippen LogP contribution in [0.15, 0.2) is 42.6 Å². The van der Waals surface area contributed by atoms with Gasteiger partial charge in [0.2, 0.25) is 0 Å². The normalized spacial score (nSPS) is 18.2. The maximum Gasteiger partial charge on any atom is 0.0688 e. The van der Waals surface area contributed by atoms with Crippen molar-refractivity contribution in [3.63, 3.8) is 0 Å². The molecule has 1 aromatic heterocycles. The Hall–Kier alpha value is -1.10. The van der Waals surface area contributed by atoms with E-state index in [1.807, 2.05) is 12.3 Å². The van der Waals surface area contributed by atoms with Gasteiger partial charge in [-0.05, 0) is 77.7 Å². The Kier molecular flexibility index (Phi) is 3.50. The molecule has 92 valence electrons. The van der Waals surface area contributed by atoms with Gasteiger partial charge >= 0.3 is 0 Å². The topological polar surface area (TPSA) is 24.9 Å². The van der Waals surface area contributed by atoms with Crippen LogP contribution in [0.4, 0.5) is 5.69 Å². The Morgan fingerprint density at radius 1 is 1.17 bits per heavy atom. The van der Waals surface area contributed by atoms with Crippen LogP contribution in [0.25, 0.3) is 0 Å². The number of aryl methyl sites for hydroxylation is 1. The molecule has 3 heteroatoms. The van der Waals surface area contributed by atoms with Crippen LogP contribution in [0.3, 0.4) is 0 Å². The van der Waals surface area contributed by atoms with Crippen LogP contribution in [-0.2, 0) is 6.42 Å². The van der Waals surface area contributed by atoms with Crippen molar-refractivity contribution in [1.29, 1.82) is 0 Å². The number of hydrogen-bond acceptors (Lipinski definition) is 2. The second kappa shape index (κ2) is 5.26. The Morgan fingerprint density at radius 3 is 2.83 bits per heavy atom. The van der Waals surface area contributed by atoms with Crippen molar-refractivity contribution in [1.82, 2.24) is 4.98 Å². The average Bonchev–Trinajstić information content (AvgIpc) is 2.42. The van der Waals surface area contributed by atoms with Crippen molar-refractivity contribution >= 4 is 28.3 Å². The van der Waals surface area contributed by atoms with Gasteiger partial charge in [0, 0.05) is 15.5 Å². The summed E-state index contributed by atoms with van der Waals surface area (Å²) in [5.41, 5.74) is 3.80. The highest BCUT2D eigenvalue weighted by molar-refractivity contribution is 14.1. The van der Waals surface area contributed by atoms with E-state index in [1.165, 1.54) is 26.9 Å². The molecular formula is C15H15IN2. The van der Waals surface area contributed by atoms with Crippen molar-refractivity contribution < 1.29 is 0 Å². The molecule has 2 nitrogen and oxygen atoms in total. The Labute approximate surface area is 121 Å². The second-order valence-corrected chi connectivity index (χ2v) is 5.89. The largest absolute Gasteiger partial charge is 0.377 e. The lowest BCUT2D eigenvalue weighted by Crippen LogP contribution is -2.18. The van der Waals surface area contributed by atoms with Gasteiger partial charge in [-0.1, -0.05) is 6.07 Å². The van der Waals surface area contributed by atoms with Gasteiger partial charge in [-0.15, -0.1) is 0 Å². The molecule has 1 aliphatic rings. The monoisotopic (exact) mass is 350 g/mol. The van der Waals surface area contributed by atoms with Crippen LogP contribution in [0.2, 0.25) is 0 Å². The number of rotatable bonds is 2. The highest BCUT2D eigenvalue weighted by Gasteiger charge is 2.20. The minimum atomic E-state index is 0.356. The van der Waals surface area contributed by atoms with Gasteiger partial charge in [-0.25, -0.2) is 0 Å². The third-order valence-corrected chi connectivity index (χ3v) is 4.10. The van der Waals surface area contributed by atoms with E-state index in [4.69, 9.17) is 0 Å². The van der Waals surface area contributed by atoms with Crippen molar-refractivity contribution in [2.75, 3.05) is 5.32 Å². The molecule has 3 rings (SSSR count). The number of nitrogens with one attached hydrogen (secondary N) is 1. The number of nitrogens with zero attached hydrogens (tertiary/aromatic N) is 1. The maximum atomic E-state index is 4.55. The molecule has 2 aromatic rings. The van der Waals surface area contributed by atoms with E-state index in [2.05, 4.69) is 63.2 Å². The quantitative estimate of drug-likeness (QED) is 0.822. The summed E-state index contributed by atoms with van der Waals surface area (Å²) in [6.45, 7) is 0. The Balaban J connectivity index is 1.84. The first kappa shape index (κ1) is 12.0. The van der Waals surface area contributed by atoms with Gasteiger partial charge in [-0.2, -0.15) is 0 Å². The molecule has 0 spiro atoms. The minimum absolute atomic E-state index is 0.356. The highest BCUT2D eigenvalue weighted by Crippen LogP contribution is 2.30. The molecule has 1 unspecified atom stereocenters. The van der Waals surface area contributed by atoms with E-state index in [0.717, 1.165) is 12.8 Å². The summed E-state index contributed by atoms with van der Waals surface area (Å²) in [6.07, 6.45) is 5.46. The number of aromatic nitrogens is 1. The molecule has 0 radical (unpaired) electrons. The number of anilines is 1. The smallest absolute Gasteiger partial charge is 0.0688 e. The predicted molar refractivity (Wildman–Crippen MR) is 82.7 cm³/mol. The number of fused-ring (bicyclic) bond motifs is 1. The zero-order valence-corrected chi connectivity index (χ0v) is 12.2. The lowest BCUT2D eigenvalue weighted by atomic mass is 9.92. The third-order valence-electron chi connectivity index (χ3n) is 3.38. The van der Waals surface area contributed by atoms with Crippen LogP contribution in [0.5, 0.6) is 0 Å². The standard InChI is InChI=1S/C15H15IN2/c16-12-6-8-13(9-7-12)18-14-5-1-3-11-4-2-10-17-15(11)14/h2,4,6-10,14,18H,1,3,5H2. The van der Waals surface area contributed by atoms with E-state index in [1.54, 1.807) is 0 Å². The zero-order valence-electron chi connectivity index (χ0n) is 10.1. The van der Waals surface area contributed by atoms with Crippen LogP contribution < -0.4 is 5.32 Å². The average molecular weight is 350 g/mol. The van der Waals surface area contributed by atoms with Crippen molar-refractivity contribution in [3.05, 3.63) is 57.4 Å². The van der Waals surface area contributed by atoms with E-state index in [0.29, 0.717) is 6.04 Å². The second-order valence-electron chi connectivity index (χ2n) is 4.64. The number of halogens is 1. The summed E-state index contributed by atoms with van der Waals surface area (Å²) in [5, 5.41) is 3.60. The third kappa shape index (κ3) is 2.51. The van der Waals surface area contributed by atoms with Crippen molar-refractivity contribution in [2.24, 2.45) is 0 Å². The van der Waals surface area contributed by atoms with Gasteiger partial charge in [0.1, 0.15) is 0 Å². The number of benzene rings is 1. The zero-order chi connectivity index (χ0) is 12.4. The molecule has 0 amide bonds. The van der Waals surface area contributed by atoms with Crippen LogP contribution in [0.1, 0.15) is 30.1 Å². The summed E-state index contributed by atoms with van der Waals surface area (Å²) in [4.78, 5) is 4.55. The fourth-order valence-electron chi connectivity index (χ4n) is 2.50. The van der Waals surface area contributed by atoms with Crippen LogP contribution in [-0.4, -0.2) is 4.98 Å². The predicted octanol–water partition coefficient (Wildman–Crippen LogP) is 4.18. The van der Waals surface area contributed by atoms with Gasteiger partial charge in [-0.3, -0.25) is 4.98 Å². The van der Waals surface area contributed by atoms with Gasteiger partial charge in [0.15, 0.2) is 0 Å². The first-order chi connectivity index (χ1) is 8.83. The summed E-state index contributed by atoms with van der Waals surface area (Å²) in [7, 11) is 0. The molecule has 1 N–H and O–H groups in total. The first-order valence-corrected chi connectivity index (χ1v) is 7.37.